The van der Waals surface area contributed by atoms with Crippen molar-refractivity contribution in [2.75, 3.05) is 17.5 Å². The number of ether oxygens (including phenoxy) is 1. The fraction of sp³-hybridized carbons (Fsp3) is 0.394. The van der Waals surface area contributed by atoms with Gasteiger partial charge in [0.05, 0.1) is 27.7 Å². The normalized spacial score (nSPS) is 16.4. The molecule has 1 aliphatic heterocycles. The maximum absolute atomic E-state index is 14.6. The molecule has 0 fully saturated rings. The molecule has 0 bridgehead atoms. The lowest BCUT2D eigenvalue weighted by atomic mass is 10.0. The lowest BCUT2D eigenvalue weighted by Gasteiger charge is -2.37. The van der Waals surface area contributed by atoms with Crippen LogP contribution in [0, 0.1) is 5.82 Å². The molecule has 0 saturated carbocycles. The van der Waals surface area contributed by atoms with Crippen LogP contribution in [0.5, 0.6) is 5.75 Å². The number of hydrogen-bond acceptors (Lipinski definition) is 4. The van der Waals surface area contributed by atoms with Crippen molar-refractivity contribution in [2.24, 2.45) is 0 Å². The van der Waals surface area contributed by atoms with Gasteiger partial charge in [0.1, 0.15) is 17.7 Å². The molecule has 5 nitrogen and oxygen atoms in total. The molecule has 0 saturated heterocycles. The maximum atomic E-state index is 14.6. The zero-order chi connectivity index (χ0) is 33.4. The second kappa shape index (κ2) is 13.1. The van der Waals surface area contributed by atoms with Gasteiger partial charge in [-0.2, -0.15) is 13.2 Å². The van der Waals surface area contributed by atoms with Gasteiger partial charge in [0, 0.05) is 12.2 Å². The summed E-state index contributed by atoms with van der Waals surface area (Å²) >= 11 is 6.24. The quantitative estimate of drug-likeness (QED) is 0.0975. The summed E-state index contributed by atoms with van der Waals surface area (Å²) in [6.07, 6.45) is -2.56. The Morgan fingerprint density at radius 1 is 1.09 bits per heavy atom. The number of rotatable bonds is 9. The first-order valence-electron chi connectivity index (χ1n) is 14.6. The Morgan fingerprint density at radius 3 is 2.42 bits per heavy atom. The Balaban J connectivity index is 1.70. The highest BCUT2D eigenvalue weighted by Crippen LogP contribution is 2.41. The maximum Gasteiger partial charge on any atom is 0.416 e. The molecule has 1 aliphatic rings. The Bertz CT molecular complexity index is 1670. The van der Waals surface area contributed by atoms with Crippen LogP contribution in [0.2, 0.25) is 23.2 Å². The van der Waals surface area contributed by atoms with Crippen molar-refractivity contribution in [3.05, 3.63) is 88.2 Å². The smallest absolute Gasteiger partial charge is 0.416 e. The van der Waals surface area contributed by atoms with Crippen molar-refractivity contribution < 1.29 is 35.1 Å². The highest BCUT2D eigenvalue weighted by Gasteiger charge is 2.38. The molecule has 3 aromatic rings. The number of fused-ring (bicyclic) bond motifs is 1. The molecule has 45 heavy (non-hydrogen) atoms. The summed E-state index contributed by atoms with van der Waals surface area (Å²) < 4.78 is 96.7. The minimum Gasteiger partial charge on any atom is -0.486 e. The van der Waals surface area contributed by atoms with Gasteiger partial charge in [-0.1, -0.05) is 56.6 Å². The predicted molar refractivity (Wildman–Crippen MR) is 174 cm³/mol. The summed E-state index contributed by atoms with van der Waals surface area (Å²) in [5, 5.41) is 0.254. The van der Waals surface area contributed by atoms with Gasteiger partial charge in [0.25, 0.3) is 10.0 Å². The van der Waals surface area contributed by atoms with E-state index in [4.69, 9.17) is 20.8 Å². The van der Waals surface area contributed by atoms with Crippen LogP contribution >= 0.6 is 11.6 Å². The van der Waals surface area contributed by atoms with Crippen molar-refractivity contribution in [3.63, 3.8) is 0 Å². The van der Waals surface area contributed by atoms with E-state index in [0.717, 1.165) is 22.5 Å². The Labute approximate surface area is 269 Å². The summed E-state index contributed by atoms with van der Waals surface area (Å²) in [6, 6.07) is 12.9. The molecular formula is C33H38ClF4NO4SSi. The fourth-order valence-corrected chi connectivity index (χ4v) is 7.75. The van der Waals surface area contributed by atoms with Gasteiger partial charge < -0.3 is 9.16 Å². The van der Waals surface area contributed by atoms with Crippen LogP contribution in [0.25, 0.3) is 11.6 Å². The molecule has 12 heteroatoms. The third-order valence-electron chi connectivity index (χ3n) is 8.34. The monoisotopic (exact) mass is 683 g/mol. The number of allylic oxidation sites excluding steroid dienone is 1. The molecule has 0 N–H and O–H groups in total. The van der Waals surface area contributed by atoms with Crippen LogP contribution < -0.4 is 9.04 Å². The van der Waals surface area contributed by atoms with Gasteiger partial charge in [0.15, 0.2) is 8.32 Å². The van der Waals surface area contributed by atoms with Gasteiger partial charge in [-0.05, 0) is 91.5 Å². The van der Waals surface area contributed by atoms with Crippen LogP contribution in [-0.4, -0.2) is 36.0 Å². The predicted octanol–water partition coefficient (Wildman–Crippen LogP) is 9.82. The average molecular weight is 684 g/mol. The van der Waals surface area contributed by atoms with Gasteiger partial charge in [-0.25, -0.2) is 12.8 Å². The van der Waals surface area contributed by atoms with Crippen molar-refractivity contribution in [2.45, 2.75) is 75.8 Å². The van der Waals surface area contributed by atoms with E-state index in [1.54, 1.807) is 37.3 Å². The van der Waals surface area contributed by atoms with Gasteiger partial charge in [0.2, 0.25) is 0 Å². The summed E-state index contributed by atoms with van der Waals surface area (Å²) in [6.45, 7) is 12.8. The average Bonchev–Trinajstić information content (AvgIpc) is 2.94. The largest absolute Gasteiger partial charge is 0.486 e. The van der Waals surface area contributed by atoms with Crippen molar-refractivity contribution in [3.8, 4) is 5.75 Å². The van der Waals surface area contributed by atoms with E-state index in [-0.39, 0.29) is 33.6 Å². The highest BCUT2D eigenvalue weighted by atomic mass is 35.5. The molecule has 1 atom stereocenters. The molecule has 0 aromatic heterocycles. The number of alkyl halides is 3. The standard InChI is InChI=1S/C33H38ClF4NO4SSi/c1-22(31-27(34)13-8-14-28(31)35)18-23-15-16-30-29(19-23)39(44(40,41)26-12-7-10-24(20-26)33(36,37)38)21-25(43-30)11-9-17-42-45(5,6)32(2,3)4/h7-8,10,12-16,18-20,25H,9,11,17,21H2,1-6H3/t25-/m0/s1. The molecule has 1 heterocycles. The summed E-state index contributed by atoms with van der Waals surface area (Å²) in [5.74, 6) is -0.238. The second-order valence-corrected chi connectivity index (χ2v) is 19.8. The molecule has 3 aromatic carbocycles. The first-order chi connectivity index (χ1) is 20.8. The topological polar surface area (TPSA) is 55.8 Å². The van der Waals surface area contributed by atoms with Crippen LogP contribution in [0.3, 0.4) is 0 Å². The van der Waals surface area contributed by atoms with E-state index in [9.17, 15) is 26.0 Å². The van der Waals surface area contributed by atoms with Crippen LogP contribution in [0.1, 0.15) is 57.2 Å². The van der Waals surface area contributed by atoms with E-state index >= 15 is 0 Å². The number of anilines is 1. The summed E-state index contributed by atoms with van der Waals surface area (Å²) in [7, 11) is -6.43. The van der Waals surface area contributed by atoms with Crippen molar-refractivity contribution >= 4 is 47.3 Å². The first-order valence-corrected chi connectivity index (χ1v) is 19.3. The Hall–Kier alpha value is -2.86. The van der Waals surface area contributed by atoms with E-state index in [0.29, 0.717) is 36.7 Å². The number of nitrogens with zero attached hydrogens (tertiary/aromatic N) is 1. The zero-order valence-corrected chi connectivity index (χ0v) is 28.7. The van der Waals surface area contributed by atoms with Crippen molar-refractivity contribution in [1.82, 2.24) is 0 Å². The molecule has 0 aliphatic carbocycles. The number of hydrogen-bond donors (Lipinski definition) is 0. The van der Waals surface area contributed by atoms with E-state index < -0.39 is 46.9 Å². The highest BCUT2D eigenvalue weighted by molar-refractivity contribution is 7.92. The van der Waals surface area contributed by atoms with Crippen LogP contribution in [0.4, 0.5) is 23.2 Å². The molecule has 0 unspecified atom stereocenters. The lowest BCUT2D eigenvalue weighted by Crippen LogP contribution is -2.44. The fourth-order valence-electron chi connectivity index (χ4n) is 4.81. The van der Waals surface area contributed by atoms with Crippen LogP contribution in [-0.2, 0) is 20.6 Å². The molecular weight excluding hydrogens is 646 g/mol. The minimum absolute atomic E-state index is 0.0330. The molecule has 0 radical (unpaired) electrons. The summed E-state index contributed by atoms with van der Waals surface area (Å²) in [4.78, 5) is -0.486. The number of halogens is 5. The van der Waals surface area contributed by atoms with Gasteiger partial charge in [-0.3, -0.25) is 4.31 Å². The SMILES string of the molecule is CC(=Cc1ccc2c(c1)N(S(=O)(=O)c1cccc(C(F)(F)F)c1)C[C@H](CCCO[Si](C)(C)C(C)(C)C)O2)c1c(F)cccc1Cl. The van der Waals surface area contributed by atoms with E-state index in [2.05, 4.69) is 33.9 Å². The number of benzene rings is 3. The summed E-state index contributed by atoms with van der Waals surface area (Å²) in [5.41, 5.74) is 0.343. The van der Waals surface area contributed by atoms with Gasteiger partial charge >= 0.3 is 6.18 Å². The van der Waals surface area contributed by atoms with E-state index in [1.165, 1.54) is 12.1 Å². The lowest BCUT2D eigenvalue weighted by molar-refractivity contribution is -0.137. The Morgan fingerprint density at radius 2 is 1.78 bits per heavy atom. The van der Waals surface area contributed by atoms with Crippen LogP contribution in [0.15, 0.2) is 65.6 Å². The third kappa shape index (κ3) is 7.93. The molecule has 0 amide bonds. The zero-order valence-electron chi connectivity index (χ0n) is 26.1. The molecule has 244 valence electrons. The first kappa shape index (κ1) is 35.0. The van der Waals surface area contributed by atoms with Gasteiger partial charge in [-0.15, -0.1) is 0 Å². The number of sulfonamides is 1. The molecule has 4 rings (SSSR count). The minimum atomic E-state index is -4.72. The second-order valence-electron chi connectivity index (χ2n) is 12.7. The van der Waals surface area contributed by atoms with E-state index in [1.807, 2.05) is 0 Å². The Kier molecular flexibility index (Phi) is 10.2. The van der Waals surface area contributed by atoms with Crippen molar-refractivity contribution in [1.29, 1.82) is 0 Å². The third-order valence-corrected chi connectivity index (χ3v) is 15.0. The molecule has 0 spiro atoms.